The molecule has 1 unspecified atom stereocenters. The van der Waals surface area contributed by atoms with Crippen LogP contribution in [0.15, 0.2) is 48.8 Å². The van der Waals surface area contributed by atoms with E-state index >= 15 is 0 Å². The van der Waals surface area contributed by atoms with Gasteiger partial charge in [0.2, 0.25) is 0 Å². The van der Waals surface area contributed by atoms with Crippen molar-refractivity contribution in [1.82, 2.24) is 4.98 Å². The first kappa shape index (κ1) is 14.8. The van der Waals surface area contributed by atoms with Crippen LogP contribution in [0.2, 0.25) is 0 Å². The van der Waals surface area contributed by atoms with E-state index in [-0.39, 0.29) is 12.6 Å². The van der Waals surface area contributed by atoms with Gasteiger partial charge in [0.15, 0.2) is 0 Å². The minimum atomic E-state index is -0.509. The van der Waals surface area contributed by atoms with Crippen molar-refractivity contribution in [3.8, 4) is 11.5 Å². The third-order valence-corrected chi connectivity index (χ3v) is 3.05. The zero-order valence-electron chi connectivity index (χ0n) is 12.0. The van der Waals surface area contributed by atoms with Gasteiger partial charge in [0, 0.05) is 12.4 Å². The average molecular weight is 287 g/mol. The highest BCUT2D eigenvalue weighted by Crippen LogP contribution is 2.21. The van der Waals surface area contributed by atoms with Crippen LogP contribution in [0.5, 0.6) is 11.5 Å². The fourth-order valence-electron chi connectivity index (χ4n) is 1.88. The van der Waals surface area contributed by atoms with Crippen LogP contribution in [0.1, 0.15) is 11.5 Å². The Kier molecular flexibility index (Phi) is 5.15. The Hall–Kier alpha value is -2.56. The second-order valence-electron chi connectivity index (χ2n) is 4.35. The quantitative estimate of drug-likeness (QED) is 0.764. The standard InChI is InChI=1S/C16H17NO4/c1-19-13-5-7-14(8-6-13)21-11-15(16(18)20-2)12-4-3-9-17-10-12/h3-10,15H,11H2,1-2H3. The Morgan fingerprint density at radius 2 is 1.86 bits per heavy atom. The molecule has 0 N–H and O–H groups in total. The first-order valence-corrected chi connectivity index (χ1v) is 6.49. The fraction of sp³-hybridized carbons (Fsp3) is 0.250. The van der Waals surface area contributed by atoms with Crippen molar-refractivity contribution in [3.05, 3.63) is 54.4 Å². The van der Waals surface area contributed by atoms with Crippen molar-refractivity contribution >= 4 is 5.97 Å². The van der Waals surface area contributed by atoms with Gasteiger partial charge in [0.1, 0.15) is 24.0 Å². The summed E-state index contributed by atoms with van der Waals surface area (Å²) in [6.45, 7) is 0.185. The molecule has 0 fully saturated rings. The Bertz CT molecular complexity index is 569. The van der Waals surface area contributed by atoms with Crippen molar-refractivity contribution < 1.29 is 19.0 Å². The van der Waals surface area contributed by atoms with E-state index in [9.17, 15) is 4.79 Å². The van der Waals surface area contributed by atoms with Gasteiger partial charge in [-0.1, -0.05) is 6.07 Å². The van der Waals surface area contributed by atoms with Gasteiger partial charge < -0.3 is 14.2 Å². The molecule has 0 saturated heterocycles. The van der Waals surface area contributed by atoms with E-state index in [0.29, 0.717) is 5.75 Å². The summed E-state index contributed by atoms with van der Waals surface area (Å²) in [5.41, 5.74) is 0.762. The molecule has 0 bridgehead atoms. The minimum absolute atomic E-state index is 0.185. The number of carbonyl (C=O) groups is 1. The first-order valence-electron chi connectivity index (χ1n) is 6.49. The van der Waals surface area contributed by atoms with Crippen molar-refractivity contribution in [1.29, 1.82) is 0 Å². The Morgan fingerprint density at radius 3 is 2.43 bits per heavy atom. The predicted octanol–water partition coefficient (Wildman–Crippen LogP) is 2.43. The summed E-state index contributed by atoms with van der Waals surface area (Å²) in [6, 6.07) is 10.8. The second kappa shape index (κ2) is 7.28. The lowest BCUT2D eigenvalue weighted by Gasteiger charge is -2.15. The molecular weight excluding hydrogens is 270 g/mol. The van der Waals surface area contributed by atoms with E-state index in [1.165, 1.54) is 7.11 Å². The molecule has 5 nitrogen and oxygen atoms in total. The van der Waals surface area contributed by atoms with Crippen LogP contribution < -0.4 is 9.47 Å². The molecule has 2 aromatic rings. The topological polar surface area (TPSA) is 57.7 Å². The Morgan fingerprint density at radius 1 is 1.14 bits per heavy atom. The van der Waals surface area contributed by atoms with Gasteiger partial charge in [-0.15, -0.1) is 0 Å². The molecule has 110 valence electrons. The number of carbonyl (C=O) groups excluding carboxylic acids is 1. The van der Waals surface area contributed by atoms with Crippen molar-refractivity contribution in [3.63, 3.8) is 0 Å². The molecule has 1 aromatic carbocycles. The van der Waals surface area contributed by atoms with E-state index in [4.69, 9.17) is 14.2 Å². The molecule has 0 aliphatic carbocycles. The maximum Gasteiger partial charge on any atom is 0.316 e. The largest absolute Gasteiger partial charge is 0.497 e. The van der Waals surface area contributed by atoms with E-state index < -0.39 is 5.92 Å². The summed E-state index contributed by atoms with van der Waals surface area (Å²) in [7, 11) is 2.96. The predicted molar refractivity (Wildman–Crippen MR) is 77.5 cm³/mol. The molecule has 21 heavy (non-hydrogen) atoms. The lowest BCUT2D eigenvalue weighted by atomic mass is 10.0. The first-order chi connectivity index (χ1) is 10.2. The number of esters is 1. The summed E-state index contributed by atoms with van der Waals surface area (Å²) in [6.07, 6.45) is 3.29. The zero-order chi connectivity index (χ0) is 15.1. The molecular formula is C16H17NO4. The van der Waals surface area contributed by atoms with E-state index in [1.807, 2.05) is 6.07 Å². The highest BCUT2D eigenvalue weighted by Gasteiger charge is 2.22. The number of pyridine rings is 1. The number of ether oxygens (including phenoxy) is 3. The zero-order valence-corrected chi connectivity index (χ0v) is 12.0. The minimum Gasteiger partial charge on any atom is -0.497 e. The van der Waals surface area contributed by atoms with Gasteiger partial charge in [-0.2, -0.15) is 0 Å². The molecule has 2 rings (SSSR count). The van der Waals surface area contributed by atoms with Crippen molar-refractivity contribution in [2.24, 2.45) is 0 Å². The number of methoxy groups -OCH3 is 2. The van der Waals surface area contributed by atoms with Gasteiger partial charge in [-0.05, 0) is 35.9 Å². The Balaban J connectivity index is 2.07. The van der Waals surface area contributed by atoms with Gasteiger partial charge in [-0.25, -0.2) is 0 Å². The number of aromatic nitrogens is 1. The average Bonchev–Trinajstić information content (AvgIpc) is 2.56. The molecule has 1 heterocycles. The smallest absolute Gasteiger partial charge is 0.316 e. The molecule has 5 heteroatoms. The molecule has 0 spiro atoms. The SMILES string of the molecule is COC(=O)C(COc1ccc(OC)cc1)c1cccnc1. The molecule has 0 aliphatic rings. The number of rotatable bonds is 6. The number of benzene rings is 1. The maximum absolute atomic E-state index is 11.9. The summed E-state index contributed by atoms with van der Waals surface area (Å²) >= 11 is 0. The van der Waals surface area contributed by atoms with Crippen LogP contribution in [-0.2, 0) is 9.53 Å². The summed E-state index contributed by atoms with van der Waals surface area (Å²) in [5, 5.41) is 0. The van der Waals surface area contributed by atoms with Gasteiger partial charge >= 0.3 is 5.97 Å². The van der Waals surface area contributed by atoms with Gasteiger partial charge in [0.05, 0.1) is 14.2 Å². The molecule has 1 atom stereocenters. The molecule has 0 aliphatic heterocycles. The lowest BCUT2D eigenvalue weighted by Crippen LogP contribution is -2.21. The second-order valence-corrected chi connectivity index (χ2v) is 4.35. The summed E-state index contributed by atoms with van der Waals surface area (Å²) in [5.74, 6) is 0.551. The van der Waals surface area contributed by atoms with Crippen LogP contribution in [-0.4, -0.2) is 31.8 Å². The third kappa shape index (κ3) is 3.95. The van der Waals surface area contributed by atoms with Crippen LogP contribution in [0.25, 0.3) is 0 Å². The number of hydrogen-bond donors (Lipinski definition) is 0. The number of hydrogen-bond acceptors (Lipinski definition) is 5. The highest BCUT2D eigenvalue weighted by atomic mass is 16.5. The molecule has 0 saturated carbocycles. The number of nitrogens with zero attached hydrogens (tertiary/aromatic N) is 1. The summed E-state index contributed by atoms with van der Waals surface area (Å²) in [4.78, 5) is 15.9. The van der Waals surface area contributed by atoms with Crippen LogP contribution in [0.3, 0.4) is 0 Å². The molecule has 0 amide bonds. The normalized spacial score (nSPS) is 11.5. The Labute approximate surface area is 123 Å². The van der Waals surface area contributed by atoms with Crippen molar-refractivity contribution in [2.45, 2.75) is 5.92 Å². The van der Waals surface area contributed by atoms with Crippen LogP contribution in [0.4, 0.5) is 0 Å². The fourth-order valence-corrected chi connectivity index (χ4v) is 1.88. The molecule has 1 aromatic heterocycles. The van der Waals surface area contributed by atoms with E-state index in [2.05, 4.69) is 4.98 Å². The third-order valence-electron chi connectivity index (χ3n) is 3.05. The highest BCUT2D eigenvalue weighted by molar-refractivity contribution is 5.78. The van der Waals surface area contributed by atoms with Gasteiger partial charge in [0.25, 0.3) is 0 Å². The van der Waals surface area contributed by atoms with Crippen molar-refractivity contribution in [2.75, 3.05) is 20.8 Å². The van der Waals surface area contributed by atoms with E-state index in [0.717, 1.165) is 11.3 Å². The maximum atomic E-state index is 11.9. The van der Waals surface area contributed by atoms with Crippen LogP contribution >= 0.6 is 0 Å². The van der Waals surface area contributed by atoms with Crippen LogP contribution in [0, 0.1) is 0 Å². The van der Waals surface area contributed by atoms with E-state index in [1.54, 1.807) is 49.8 Å². The lowest BCUT2D eigenvalue weighted by molar-refractivity contribution is -0.143. The molecule has 0 radical (unpaired) electrons. The monoisotopic (exact) mass is 287 g/mol. The van der Waals surface area contributed by atoms with Gasteiger partial charge in [-0.3, -0.25) is 9.78 Å². The summed E-state index contributed by atoms with van der Waals surface area (Å²) < 4.78 is 15.6.